The van der Waals surface area contributed by atoms with Gasteiger partial charge in [0.15, 0.2) is 5.78 Å². The lowest BCUT2D eigenvalue weighted by molar-refractivity contribution is 0.0901. The van der Waals surface area contributed by atoms with Gasteiger partial charge in [0.05, 0.1) is 12.8 Å². The zero-order valence-corrected chi connectivity index (χ0v) is 18.1. The van der Waals surface area contributed by atoms with E-state index in [2.05, 4.69) is 36.6 Å². The fraction of sp³-hybridized carbons (Fsp3) is 0.476. The molecule has 0 unspecified atom stereocenters. The van der Waals surface area contributed by atoms with Gasteiger partial charge in [-0.1, -0.05) is 6.07 Å². The summed E-state index contributed by atoms with van der Waals surface area (Å²) in [5, 5.41) is 0. The van der Waals surface area contributed by atoms with E-state index in [9.17, 15) is 13.2 Å². The van der Waals surface area contributed by atoms with E-state index in [1.807, 2.05) is 24.8 Å². The Morgan fingerprint density at radius 1 is 0.929 bits per heavy atom. The number of carbonyl (C=O) groups excluding carboxylic acids is 1. The van der Waals surface area contributed by atoms with Crippen LogP contribution in [0.15, 0.2) is 24.3 Å². The monoisotopic (exact) mass is 403 g/mol. The molecule has 0 amide bonds. The molecule has 0 atom stereocenters. The van der Waals surface area contributed by atoms with Crippen molar-refractivity contribution >= 4 is 15.8 Å². The zero-order valence-electron chi connectivity index (χ0n) is 17.3. The van der Waals surface area contributed by atoms with Crippen molar-refractivity contribution in [2.75, 3.05) is 39.0 Å². The van der Waals surface area contributed by atoms with Gasteiger partial charge in [0.1, 0.15) is 0 Å². The second kappa shape index (κ2) is 7.81. The van der Waals surface area contributed by atoms with Crippen LogP contribution in [0.4, 0.5) is 0 Å². The lowest BCUT2D eigenvalue weighted by atomic mass is 10.1. The number of hydrogen-bond acceptors (Lipinski definition) is 4. The van der Waals surface area contributed by atoms with Crippen molar-refractivity contribution in [2.45, 2.75) is 27.7 Å². The molecule has 2 aromatic rings. The minimum absolute atomic E-state index is 0.0801. The Morgan fingerprint density at radius 3 is 2.04 bits per heavy atom. The van der Waals surface area contributed by atoms with E-state index >= 15 is 0 Å². The zero-order chi connectivity index (χ0) is 20.6. The summed E-state index contributed by atoms with van der Waals surface area (Å²) < 4.78 is 26.9. The number of benzene rings is 1. The van der Waals surface area contributed by atoms with E-state index in [0.717, 1.165) is 22.6 Å². The summed E-state index contributed by atoms with van der Waals surface area (Å²) in [4.78, 5) is 15.0. The van der Waals surface area contributed by atoms with Crippen molar-refractivity contribution in [1.29, 1.82) is 0 Å². The molecule has 0 aliphatic carbocycles. The van der Waals surface area contributed by atoms with Crippen LogP contribution in [-0.4, -0.2) is 67.0 Å². The first-order chi connectivity index (χ1) is 13.1. The number of carbonyl (C=O) groups is 1. The van der Waals surface area contributed by atoms with E-state index in [1.165, 1.54) is 21.7 Å². The molecule has 3 rings (SSSR count). The number of rotatable bonds is 5. The number of aryl methyl sites for hydroxylation is 3. The van der Waals surface area contributed by atoms with Gasteiger partial charge in [-0.2, -0.15) is 4.31 Å². The minimum Gasteiger partial charge on any atom is -0.318 e. The molecule has 0 saturated carbocycles. The summed E-state index contributed by atoms with van der Waals surface area (Å²) in [5.74, 6) is 0.0801. The van der Waals surface area contributed by atoms with Gasteiger partial charge in [-0.15, -0.1) is 0 Å². The highest BCUT2D eigenvalue weighted by Crippen LogP contribution is 2.23. The van der Waals surface area contributed by atoms with Crippen molar-refractivity contribution in [3.05, 3.63) is 52.3 Å². The molecule has 1 aromatic carbocycles. The van der Waals surface area contributed by atoms with Gasteiger partial charge in [-0.05, 0) is 57.0 Å². The Hall–Kier alpha value is -1.96. The van der Waals surface area contributed by atoms with E-state index in [-0.39, 0.29) is 5.78 Å². The van der Waals surface area contributed by atoms with Crippen molar-refractivity contribution in [2.24, 2.45) is 0 Å². The van der Waals surface area contributed by atoms with Crippen molar-refractivity contribution in [3.8, 4) is 5.69 Å². The highest BCUT2D eigenvalue weighted by atomic mass is 32.2. The Bertz CT molecular complexity index is 980. The van der Waals surface area contributed by atoms with Crippen LogP contribution in [0.25, 0.3) is 5.69 Å². The molecule has 0 bridgehead atoms. The molecule has 1 saturated heterocycles. The Balaban J connectivity index is 1.77. The largest absolute Gasteiger partial charge is 0.318 e. The summed E-state index contributed by atoms with van der Waals surface area (Å²) >= 11 is 0. The van der Waals surface area contributed by atoms with Gasteiger partial charge >= 0.3 is 0 Å². The molecule has 1 aliphatic heterocycles. The highest BCUT2D eigenvalue weighted by molar-refractivity contribution is 7.88. The number of hydrogen-bond donors (Lipinski definition) is 0. The van der Waals surface area contributed by atoms with E-state index in [4.69, 9.17) is 0 Å². The molecular weight excluding hydrogens is 374 g/mol. The quantitative estimate of drug-likeness (QED) is 0.720. The first-order valence-electron chi connectivity index (χ1n) is 9.54. The second-order valence-corrected chi connectivity index (χ2v) is 9.81. The topological polar surface area (TPSA) is 62.6 Å². The summed E-state index contributed by atoms with van der Waals surface area (Å²) in [6.07, 6.45) is 1.23. The maximum atomic E-state index is 13.0. The van der Waals surface area contributed by atoms with Gasteiger partial charge in [0.2, 0.25) is 10.0 Å². The lowest BCUT2D eigenvalue weighted by Crippen LogP contribution is -2.49. The lowest BCUT2D eigenvalue weighted by Gasteiger charge is -2.32. The summed E-state index contributed by atoms with van der Waals surface area (Å²) in [7, 11) is -3.16. The van der Waals surface area contributed by atoms with Crippen LogP contribution in [0.2, 0.25) is 0 Å². The normalized spacial score (nSPS) is 16.5. The van der Waals surface area contributed by atoms with Crippen LogP contribution in [0.1, 0.15) is 32.9 Å². The fourth-order valence-electron chi connectivity index (χ4n) is 4.03. The van der Waals surface area contributed by atoms with Crippen molar-refractivity contribution in [3.63, 3.8) is 0 Å². The second-order valence-electron chi connectivity index (χ2n) is 7.83. The first kappa shape index (κ1) is 20.8. The Kier molecular flexibility index (Phi) is 5.79. The summed E-state index contributed by atoms with van der Waals surface area (Å²) in [6.45, 7) is 10.5. The maximum Gasteiger partial charge on any atom is 0.211 e. The number of ketones is 1. The third kappa shape index (κ3) is 4.37. The number of Topliss-reactive ketones (excluding diaryl/α,β-unsaturated/α-hetero) is 1. The number of nitrogens with zero attached hydrogens (tertiary/aromatic N) is 3. The molecule has 1 aliphatic rings. The van der Waals surface area contributed by atoms with Crippen LogP contribution in [0.3, 0.4) is 0 Å². The van der Waals surface area contributed by atoms with Gasteiger partial charge in [-0.25, -0.2) is 8.42 Å². The van der Waals surface area contributed by atoms with E-state index in [1.54, 1.807) is 0 Å². The molecular formula is C21H29N3O3S. The predicted molar refractivity (Wildman–Crippen MR) is 112 cm³/mol. The molecule has 1 aromatic heterocycles. The molecule has 0 N–H and O–H groups in total. The van der Waals surface area contributed by atoms with Crippen molar-refractivity contribution in [1.82, 2.24) is 13.8 Å². The number of sulfonamides is 1. The molecule has 0 spiro atoms. The van der Waals surface area contributed by atoms with Crippen molar-refractivity contribution < 1.29 is 13.2 Å². The molecule has 0 radical (unpaired) electrons. The van der Waals surface area contributed by atoms with Crippen LogP contribution >= 0.6 is 0 Å². The fourth-order valence-corrected chi connectivity index (χ4v) is 4.86. The standard InChI is InChI=1S/C21H29N3O3S/c1-15-10-16(2)12-19(11-15)24-17(3)13-20(18(24)4)21(25)14-22-6-8-23(9-7-22)28(5,26)27/h10-13H,6-9,14H2,1-5H3. The van der Waals surface area contributed by atoms with Gasteiger partial charge in [0.25, 0.3) is 0 Å². The smallest absolute Gasteiger partial charge is 0.211 e. The van der Waals surface area contributed by atoms with Crippen LogP contribution in [0, 0.1) is 27.7 Å². The average molecular weight is 404 g/mol. The van der Waals surface area contributed by atoms with Crippen LogP contribution in [-0.2, 0) is 10.0 Å². The average Bonchev–Trinajstić information content (AvgIpc) is 2.88. The number of piperazine rings is 1. The molecule has 1 fully saturated rings. The minimum atomic E-state index is -3.16. The number of aromatic nitrogens is 1. The highest BCUT2D eigenvalue weighted by Gasteiger charge is 2.26. The summed E-state index contributed by atoms with van der Waals surface area (Å²) in [5.41, 5.74) is 6.18. The SMILES string of the molecule is Cc1cc(C)cc(-n2c(C)cc(C(=O)CN3CCN(S(C)(=O)=O)CC3)c2C)c1. The van der Waals surface area contributed by atoms with E-state index < -0.39 is 10.0 Å². The molecule has 28 heavy (non-hydrogen) atoms. The molecule has 152 valence electrons. The maximum absolute atomic E-state index is 13.0. The Labute approximate surface area is 167 Å². The van der Waals surface area contributed by atoms with Gasteiger partial charge in [0, 0.05) is 48.8 Å². The predicted octanol–water partition coefficient (Wildman–Crippen LogP) is 2.47. The third-order valence-corrected chi connectivity index (χ3v) is 6.67. The van der Waals surface area contributed by atoms with Gasteiger partial charge < -0.3 is 4.57 Å². The van der Waals surface area contributed by atoms with Crippen LogP contribution < -0.4 is 0 Å². The summed E-state index contributed by atoms with van der Waals surface area (Å²) in [6, 6.07) is 8.36. The third-order valence-electron chi connectivity index (χ3n) is 5.36. The molecule has 6 nitrogen and oxygen atoms in total. The van der Waals surface area contributed by atoms with Gasteiger partial charge in [-0.3, -0.25) is 9.69 Å². The van der Waals surface area contributed by atoms with E-state index in [0.29, 0.717) is 32.7 Å². The Morgan fingerprint density at radius 2 is 1.50 bits per heavy atom. The molecule has 7 heteroatoms. The van der Waals surface area contributed by atoms with Crippen LogP contribution in [0.5, 0.6) is 0 Å². The molecule has 2 heterocycles. The first-order valence-corrected chi connectivity index (χ1v) is 11.4.